The van der Waals surface area contributed by atoms with E-state index in [-0.39, 0.29) is 5.69 Å². The van der Waals surface area contributed by atoms with Gasteiger partial charge in [0.15, 0.2) is 5.69 Å². The van der Waals surface area contributed by atoms with Crippen molar-refractivity contribution in [2.24, 2.45) is 17.3 Å². The lowest BCUT2D eigenvalue weighted by Gasteiger charge is -2.43. The van der Waals surface area contributed by atoms with Gasteiger partial charge >= 0.3 is 5.97 Å². The van der Waals surface area contributed by atoms with E-state index in [4.69, 9.17) is 5.11 Å². The highest BCUT2D eigenvalue weighted by molar-refractivity contribution is 5.85. The van der Waals surface area contributed by atoms with Crippen molar-refractivity contribution in [1.29, 1.82) is 0 Å². The smallest absolute Gasteiger partial charge is 0.356 e. The standard InChI is InChI=1S/C15H24N2O2/c1-10-5-4-8-15(2,3)12(10)7-6-11-9-13(14(18)19)17-16-11/h9-10,12H,4-8H2,1-3H3,(H,16,17)(H,18,19). The van der Waals surface area contributed by atoms with Crippen molar-refractivity contribution >= 4 is 5.97 Å². The maximum absolute atomic E-state index is 10.8. The van der Waals surface area contributed by atoms with Crippen molar-refractivity contribution in [2.75, 3.05) is 0 Å². The second-order valence-corrected chi connectivity index (χ2v) is 6.59. The Hall–Kier alpha value is -1.32. The number of carboxylic acids is 1. The van der Waals surface area contributed by atoms with E-state index < -0.39 is 5.97 Å². The highest BCUT2D eigenvalue weighted by atomic mass is 16.4. The molecule has 1 aliphatic carbocycles. The zero-order valence-corrected chi connectivity index (χ0v) is 12.1. The average Bonchev–Trinajstić information content (AvgIpc) is 2.76. The predicted molar refractivity (Wildman–Crippen MR) is 74.2 cm³/mol. The monoisotopic (exact) mass is 264 g/mol. The Kier molecular flexibility index (Phi) is 3.97. The predicted octanol–water partition coefficient (Wildman–Crippen LogP) is 3.50. The molecular formula is C15H24N2O2. The molecule has 19 heavy (non-hydrogen) atoms. The lowest BCUT2D eigenvalue weighted by atomic mass is 9.62. The molecule has 2 N–H and O–H groups in total. The number of aromatic nitrogens is 2. The third kappa shape index (κ3) is 3.17. The topological polar surface area (TPSA) is 66.0 Å². The number of hydrogen-bond donors (Lipinski definition) is 2. The van der Waals surface area contributed by atoms with Crippen LogP contribution in [0.15, 0.2) is 6.07 Å². The van der Waals surface area contributed by atoms with Gasteiger partial charge in [-0.3, -0.25) is 5.10 Å². The molecule has 0 aromatic carbocycles. The number of rotatable bonds is 4. The Bertz CT molecular complexity index is 451. The molecule has 0 bridgehead atoms. The van der Waals surface area contributed by atoms with Crippen molar-refractivity contribution in [3.05, 3.63) is 17.5 Å². The van der Waals surface area contributed by atoms with Gasteiger partial charge in [-0.15, -0.1) is 0 Å². The van der Waals surface area contributed by atoms with Crippen LogP contribution < -0.4 is 0 Å². The van der Waals surface area contributed by atoms with Crippen molar-refractivity contribution in [2.45, 2.75) is 52.9 Å². The quantitative estimate of drug-likeness (QED) is 0.874. The van der Waals surface area contributed by atoms with Crippen LogP contribution in [0.4, 0.5) is 0 Å². The van der Waals surface area contributed by atoms with Crippen LogP contribution in [0.3, 0.4) is 0 Å². The normalized spacial score (nSPS) is 26.3. The first kappa shape index (κ1) is 14.1. The number of nitrogens with zero attached hydrogens (tertiary/aromatic N) is 1. The number of carboxylic acid groups (broad SMARTS) is 1. The molecule has 4 heteroatoms. The molecule has 1 aromatic rings. The van der Waals surface area contributed by atoms with E-state index in [1.165, 1.54) is 19.3 Å². The molecule has 0 spiro atoms. The van der Waals surface area contributed by atoms with Gasteiger partial charge in [0.05, 0.1) is 0 Å². The molecule has 2 rings (SSSR count). The minimum atomic E-state index is -0.964. The fraction of sp³-hybridized carbons (Fsp3) is 0.733. The van der Waals surface area contributed by atoms with Crippen LogP contribution in [-0.4, -0.2) is 21.3 Å². The summed E-state index contributed by atoms with van der Waals surface area (Å²) in [4.78, 5) is 10.8. The Morgan fingerprint density at radius 2 is 2.32 bits per heavy atom. The van der Waals surface area contributed by atoms with Crippen molar-refractivity contribution < 1.29 is 9.90 Å². The van der Waals surface area contributed by atoms with Crippen LogP contribution in [0.25, 0.3) is 0 Å². The Labute approximate surface area is 114 Å². The molecule has 0 radical (unpaired) electrons. The number of hydrogen-bond acceptors (Lipinski definition) is 2. The fourth-order valence-corrected chi connectivity index (χ4v) is 3.62. The van der Waals surface area contributed by atoms with Gasteiger partial charge in [0.25, 0.3) is 0 Å². The maximum Gasteiger partial charge on any atom is 0.356 e. The van der Waals surface area contributed by atoms with Gasteiger partial charge in [0, 0.05) is 5.69 Å². The molecule has 4 nitrogen and oxygen atoms in total. The summed E-state index contributed by atoms with van der Waals surface area (Å²) in [6, 6.07) is 1.66. The fourth-order valence-electron chi connectivity index (χ4n) is 3.62. The highest BCUT2D eigenvalue weighted by Gasteiger charge is 2.36. The molecule has 2 atom stereocenters. The zero-order valence-electron chi connectivity index (χ0n) is 12.1. The lowest BCUT2D eigenvalue weighted by molar-refractivity contribution is 0.0690. The zero-order chi connectivity index (χ0) is 14.0. The van der Waals surface area contributed by atoms with Crippen LogP contribution in [0.1, 0.15) is 62.6 Å². The van der Waals surface area contributed by atoms with Crippen molar-refractivity contribution in [3.8, 4) is 0 Å². The molecule has 1 aliphatic rings. The third-order valence-electron chi connectivity index (χ3n) is 4.75. The number of carbonyl (C=O) groups is 1. The van der Waals surface area contributed by atoms with Gasteiger partial charge in [-0.05, 0) is 42.6 Å². The molecule has 106 valence electrons. The molecule has 1 aromatic heterocycles. The summed E-state index contributed by atoms with van der Waals surface area (Å²) in [5.74, 6) is 0.498. The molecule has 1 saturated carbocycles. The van der Waals surface area contributed by atoms with Gasteiger partial charge in [0.2, 0.25) is 0 Å². The minimum Gasteiger partial charge on any atom is -0.476 e. The molecule has 2 unspecified atom stereocenters. The summed E-state index contributed by atoms with van der Waals surface area (Å²) in [6.07, 6.45) is 5.94. The lowest BCUT2D eigenvalue weighted by Crippen LogP contribution is -2.34. The summed E-state index contributed by atoms with van der Waals surface area (Å²) >= 11 is 0. The first-order valence-corrected chi connectivity index (χ1v) is 7.18. The molecule has 0 saturated heterocycles. The van der Waals surface area contributed by atoms with Gasteiger partial charge in [-0.2, -0.15) is 5.10 Å². The molecule has 0 amide bonds. The van der Waals surface area contributed by atoms with Crippen LogP contribution >= 0.6 is 0 Å². The van der Waals surface area contributed by atoms with Gasteiger partial charge < -0.3 is 5.11 Å². The van der Waals surface area contributed by atoms with Crippen LogP contribution in [0.5, 0.6) is 0 Å². The van der Waals surface area contributed by atoms with Crippen LogP contribution in [0, 0.1) is 17.3 Å². The van der Waals surface area contributed by atoms with E-state index in [1.807, 2.05) is 0 Å². The number of nitrogens with one attached hydrogen (secondary N) is 1. The van der Waals surface area contributed by atoms with Crippen molar-refractivity contribution in [1.82, 2.24) is 10.2 Å². The second kappa shape index (κ2) is 5.35. The van der Waals surface area contributed by atoms with E-state index in [9.17, 15) is 4.79 Å². The largest absolute Gasteiger partial charge is 0.476 e. The van der Waals surface area contributed by atoms with E-state index in [0.717, 1.165) is 24.5 Å². The molecule has 0 aliphatic heterocycles. The Morgan fingerprint density at radius 1 is 1.58 bits per heavy atom. The second-order valence-electron chi connectivity index (χ2n) is 6.59. The number of H-pyrrole nitrogens is 1. The Morgan fingerprint density at radius 3 is 2.89 bits per heavy atom. The summed E-state index contributed by atoms with van der Waals surface area (Å²) in [5, 5.41) is 15.5. The summed E-state index contributed by atoms with van der Waals surface area (Å²) in [6.45, 7) is 7.08. The summed E-state index contributed by atoms with van der Waals surface area (Å²) < 4.78 is 0. The van der Waals surface area contributed by atoms with Crippen LogP contribution in [-0.2, 0) is 6.42 Å². The van der Waals surface area contributed by atoms with E-state index in [2.05, 4.69) is 31.0 Å². The summed E-state index contributed by atoms with van der Waals surface area (Å²) in [7, 11) is 0. The molecule has 1 heterocycles. The SMILES string of the molecule is CC1CCCC(C)(C)C1CCc1cc(C(=O)O)n[nH]1. The summed E-state index contributed by atoms with van der Waals surface area (Å²) in [5.41, 5.74) is 1.45. The van der Waals surface area contributed by atoms with E-state index in [1.54, 1.807) is 6.07 Å². The van der Waals surface area contributed by atoms with Gasteiger partial charge in [0.1, 0.15) is 0 Å². The number of aromatic carboxylic acids is 1. The van der Waals surface area contributed by atoms with Crippen molar-refractivity contribution in [3.63, 3.8) is 0 Å². The molecule has 1 fully saturated rings. The minimum absolute atomic E-state index is 0.117. The third-order valence-corrected chi connectivity index (χ3v) is 4.75. The molecular weight excluding hydrogens is 240 g/mol. The first-order chi connectivity index (χ1) is 8.90. The van der Waals surface area contributed by atoms with E-state index >= 15 is 0 Å². The Balaban J connectivity index is 1.98. The van der Waals surface area contributed by atoms with Gasteiger partial charge in [-0.1, -0.05) is 33.6 Å². The highest BCUT2D eigenvalue weighted by Crippen LogP contribution is 2.45. The number of aromatic amines is 1. The maximum atomic E-state index is 10.8. The van der Waals surface area contributed by atoms with Crippen LogP contribution in [0.2, 0.25) is 0 Å². The average molecular weight is 264 g/mol. The van der Waals surface area contributed by atoms with Gasteiger partial charge in [-0.25, -0.2) is 4.79 Å². The van der Waals surface area contributed by atoms with E-state index in [0.29, 0.717) is 11.3 Å². The number of aryl methyl sites for hydroxylation is 1. The first-order valence-electron chi connectivity index (χ1n) is 7.18.